The van der Waals surface area contributed by atoms with Gasteiger partial charge in [-0.15, -0.1) is 0 Å². The van der Waals surface area contributed by atoms with E-state index in [0.717, 1.165) is 11.3 Å². The van der Waals surface area contributed by atoms with Crippen molar-refractivity contribution in [1.29, 1.82) is 5.26 Å². The van der Waals surface area contributed by atoms with E-state index >= 15 is 0 Å². The Labute approximate surface area is 121 Å². The fraction of sp³-hybridized carbons (Fsp3) is 0.500. The molecule has 0 fully saturated rings. The maximum atomic E-state index is 11.4. The molecule has 0 bridgehead atoms. The van der Waals surface area contributed by atoms with Crippen LogP contribution < -0.4 is 5.32 Å². The first-order valence-corrected chi connectivity index (χ1v) is 8.43. The van der Waals surface area contributed by atoms with Gasteiger partial charge in [0.15, 0.2) is 0 Å². The van der Waals surface area contributed by atoms with E-state index in [0.29, 0.717) is 31.6 Å². The quantitative estimate of drug-likeness (QED) is 0.780. The number of para-hydroxylation sites is 1. The molecule has 1 N–H and O–H groups in total. The molecule has 0 aliphatic rings. The summed E-state index contributed by atoms with van der Waals surface area (Å²) in [5.74, 6) is 0. The summed E-state index contributed by atoms with van der Waals surface area (Å²) in [6.07, 6.45) is 1.92. The van der Waals surface area contributed by atoms with Crippen LogP contribution in [-0.2, 0) is 10.0 Å². The van der Waals surface area contributed by atoms with E-state index in [2.05, 4.69) is 11.4 Å². The van der Waals surface area contributed by atoms with Crippen LogP contribution >= 0.6 is 0 Å². The van der Waals surface area contributed by atoms with Crippen molar-refractivity contribution in [3.63, 3.8) is 0 Å². The number of hydrogen-bond acceptors (Lipinski definition) is 4. The Morgan fingerprint density at radius 1 is 1.40 bits per heavy atom. The van der Waals surface area contributed by atoms with Crippen LogP contribution in [0, 0.1) is 18.3 Å². The standard InChI is InChI=1S/C14H21N3O2S/c1-4-17(20(3,18)19)10-6-9-16-14-12(2)7-5-8-13(14)11-15/h5,7-8,16H,4,6,9-10H2,1-3H3. The van der Waals surface area contributed by atoms with Crippen molar-refractivity contribution in [2.45, 2.75) is 20.3 Å². The van der Waals surface area contributed by atoms with Gasteiger partial charge >= 0.3 is 0 Å². The zero-order chi connectivity index (χ0) is 15.2. The first-order valence-electron chi connectivity index (χ1n) is 6.58. The molecule has 5 nitrogen and oxygen atoms in total. The van der Waals surface area contributed by atoms with Crippen molar-refractivity contribution in [2.75, 3.05) is 31.2 Å². The van der Waals surface area contributed by atoms with Crippen molar-refractivity contribution in [3.8, 4) is 6.07 Å². The minimum Gasteiger partial charge on any atom is -0.384 e. The molecule has 0 saturated carbocycles. The van der Waals surface area contributed by atoms with Gasteiger partial charge in [-0.25, -0.2) is 12.7 Å². The second-order valence-electron chi connectivity index (χ2n) is 4.64. The zero-order valence-electron chi connectivity index (χ0n) is 12.2. The first kappa shape index (κ1) is 16.5. The summed E-state index contributed by atoms with van der Waals surface area (Å²) in [6.45, 7) is 5.36. The minimum atomic E-state index is -3.13. The lowest BCUT2D eigenvalue weighted by Gasteiger charge is -2.18. The third-order valence-corrected chi connectivity index (χ3v) is 4.48. The maximum absolute atomic E-state index is 11.4. The van der Waals surface area contributed by atoms with E-state index < -0.39 is 10.0 Å². The van der Waals surface area contributed by atoms with Gasteiger partial charge in [0.1, 0.15) is 6.07 Å². The Balaban J connectivity index is 2.56. The predicted molar refractivity (Wildman–Crippen MR) is 81.1 cm³/mol. The van der Waals surface area contributed by atoms with Gasteiger partial charge in [0.25, 0.3) is 0 Å². The van der Waals surface area contributed by atoms with Crippen molar-refractivity contribution in [3.05, 3.63) is 29.3 Å². The number of anilines is 1. The summed E-state index contributed by atoms with van der Waals surface area (Å²) in [5.41, 5.74) is 2.46. The highest BCUT2D eigenvalue weighted by atomic mass is 32.2. The summed E-state index contributed by atoms with van der Waals surface area (Å²) in [7, 11) is -3.13. The number of rotatable bonds is 7. The third kappa shape index (κ3) is 4.51. The van der Waals surface area contributed by atoms with Crippen molar-refractivity contribution >= 4 is 15.7 Å². The Kier molecular flexibility index (Phi) is 5.99. The van der Waals surface area contributed by atoms with Crippen LogP contribution in [0.25, 0.3) is 0 Å². The van der Waals surface area contributed by atoms with Crippen molar-refractivity contribution < 1.29 is 8.42 Å². The van der Waals surface area contributed by atoms with Gasteiger partial charge in [-0.3, -0.25) is 0 Å². The molecule has 0 heterocycles. The Morgan fingerprint density at radius 3 is 2.65 bits per heavy atom. The molecule has 0 spiro atoms. The monoisotopic (exact) mass is 295 g/mol. The molecule has 0 amide bonds. The number of benzene rings is 1. The molecular weight excluding hydrogens is 274 g/mol. The number of nitrogens with one attached hydrogen (secondary N) is 1. The normalized spacial score (nSPS) is 11.3. The zero-order valence-corrected chi connectivity index (χ0v) is 13.0. The molecule has 0 atom stereocenters. The van der Waals surface area contributed by atoms with Gasteiger partial charge in [-0.2, -0.15) is 5.26 Å². The van der Waals surface area contributed by atoms with Gasteiger partial charge in [0.05, 0.1) is 17.5 Å². The van der Waals surface area contributed by atoms with Gasteiger partial charge in [0, 0.05) is 19.6 Å². The molecule has 1 aromatic carbocycles. The molecule has 0 aromatic heterocycles. The topological polar surface area (TPSA) is 73.2 Å². The summed E-state index contributed by atoms with van der Waals surface area (Å²) in [5, 5.41) is 12.3. The smallest absolute Gasteiger partial charge is 0.211 e. The number of aryl methyl sites for hydroxylation is 1. The molecule has 0 radical (unpaired) electrons. The van der Waals surface area contributed by atoms with E-state index in [1.165, 1.54) is 10.6 Å². The van der Waals surface area contributed by atoms with E-state index in [4.69, 9.17) is 5.26 Å². The first-order chi connectivity index (χ1) is 9.40. The van der Waals surface area contributed by atoms with Crippen LogP contribution in [0.3, 0.4) is 0 Å². The molecule has 0 unspecified atom stereocenters. The van der Waals surface area contributed by atoms with Crippen LogP contribution in [-0.4, -0.2) is 38.6 Å². The molecule has 0 saturated heterocycles. The Bertz CT molecular complexity index is 591. The highest BCUT2D eigenvalue weighted by molar-refractivity contribution is 7.88. The molecule has 0 aliphatic heterocycles. The third-order valence-electron chi connectivity index (χ3n) is 3.10. The number of hydrogen-bond donors (Lipinski definition) is 1. The second kappa shape index (κ2) is 7.27. The Hall–Kier alpha value is -1.58. The summed E-state index contributed by atoms with van der Waals surface area (Å²) < 4.78 is 24.3. The number of nitriles is 1. The average Bonchev–Trinajstić information content (AvgIpc) is 2.38. The fourth-order valence-electron chi connectivity index (χ4n) is 2.02. The van der Waals surface area contributed by atoms with E-state index in [1.54, 1.807) is 6.07 Å². The Morgan fingerprint density at radius 2 is 2.10 bits per heavy atom. The second-order valence-corrected chi connectivity index (χ2v) is 6.63. The van der Waals surface area contributed by atoms with E-state index in [9.17, 15) is 8.42 Å². The minimum absolute atomic E-state index is 0.479. The molecule has 20 heavy (non-hydrogen) atoms. The van der Waals surface area contributed by atoms with Gasteiger partial charge in [-0.1, -0.05) is 19.1 Å². The summed E-state index contributed by atoms with van der Waals surface area (Å²) in [4.78, 5) is 0. The molecule has 1 rings (SSSR count). The van der Waals surface area contributed by atoms with Crippen LogP contribution in [0.4, 0.5) is 5.69 Å². The number of sulfonamides is 1. The van der Waals surface area contributed by atoms with Crippen LogP contribution in [0.15, 0.2) is 18.2 Å². The molecule has 110 valence electrons. The highest BCUT2D eigenvalue weighted by Crippen LogP contribution is 2.19. The lowest BCUT2D eigenvalue weighted by atomic mass is 10.1. The van der Waals surface area contributed by atoms with E-state index in [1.807, 2.05) is 26.0 Å². The molecular formula is C14H21N3O2S. The lowest BCUT2D eigenvalue weighted by Crippen LogP contribution is -2.31. The van der Waals surface area contributed by atoms with Crippen LogP contribution in [0.5, 0.6) is 0 Å². The van der Waals surface area contributed by atoms with Gasteiger partial charge in [-0.05, 0) is 25.0 Å². The average molecular weight is 295 g/mol. The SMILES string of the molecule is CCN(CCCNc1c(C)cccc1C#N)S(C)(=O)=O. The summed E-state index contributed by atoms with van der Waals surface area (Å²) in [6, 6.07) is 7.71. The van der Waals surface area contributed by atoms with Crippen LogP contribution in [0.2, 0.25) is 0 Å². The largest absolute Gasteiger partial charge is 0.384 e. The molecule has 6 heteroatoms. The highest BCUT2D eigenvalue weighted by Gasteiger charge is 2.13. The van der Waals surface area contributed by atoms with Gasteiger partial charge in [0.2, 0.25) is 10.0 Å². The van der Waals surface area contributed by atoms with E-state index in [-0.39, 0.29) is 0 Å². The maximum Gasteiger partial charge on any atom is 0.211 e. The van der Waals surface area contributed by atoms with Crippen molar-refractivity contribution in [1.82, 2.24) is 4.31 Å². The van der Waals surface area contributed by atoms with Crippen molar-refractivity contribution in [2.24, 2.45) is 0 Å². The summed E-state index contributed by atoms with van der Waals surface area (Å²) >= 11 is 0. The predicted octanol–water partition coefficient (Wildman–Crippen LogP) is 1.95. The van der Waals surface area contributed by atoms with Crippen LogP contribution in [0.1, 0.15) is 24.5 Å². The molecule has 1 aromatic rings. The lowest BCUT2D eigenvalue weighted by molar-refractivity contribution is 0.429. The molecule has 0 aliphatic carbocycles. The number of nitrogens with zero attached hydrogens (tertiary/aromatic N) is 2. The fourth-order valence-corrected chi connectivity index (χ4v) is 2.95. The van der Waals surface area contributed by atoms with Gasteiger partial charge < -0.3 is 5.32 Å².